The molecular weight excluding hydrogens is 614 g/mol. The lowest BCUT2D eigenvalue weighted by atomic mass is 9.62. The second-order valence-electron chi connectivity index (χ2n) is 14.1. The first-order chi connectivity index (χ1) is 23.7. The van der Waals surface area contributed by atoms with Crippen molar-refractivity contribution >= 4 is 34.2 Å². The molecule has 8 heteroatoms. The van der Waals surface area contributed by atoms with E-state index >= 15 is 4.79 Å². The summed E-state index contributed by atoms with van der Waals surface area (Å²) < 4.78 is 7.07. The molecule has 3 saturated heterocycles. The smallest absolute Gasteiger partial charge is 0.253 e. The van der Waals surface area contributed by atoms with Crippen LogP contribution in [0.4, 0.5) is 5.69 Å². The zero-order chi connectivity index (χ0) is 34.8. The van der Waals surface area contributed by atoms with Crippen LogP contribution in [0.2, 0.25) is 0 Å². The minimum Gasteiger partial charge on any atom is -0.396 e. The zero-order valence-corrected chi connectivity index (χ0v) is 28.8. The molecule has 3 amide bonds. The van der Waals surface area contributed by atoms with Gasteiger partial charge >= 0.3 is 0 Å². The molecule has 3 aliphatic rings. The molecule has 0 saturated carbocycles. The van der Waals surface area contributed by atoms with Gasteiger partial charge in [-0.05, 0) is 60.6 Å². The molecule has 3 fully saturated rings. The highest BCUT2D eigenvalue weighted by Crippen LogP contribution is 2.65. The number of amides is 3. The largest absolute Gasteiger partial charge is 0.396 e. The van der Waals surface area contributed by atoms with E-state index in [-0.39, 0.29) is 36.8 Å². The van der Waals surface area contributed by atoms with Gasteiger partial charge in [0.15, 0.2) is 0 Å². The lowest BCUT2D eigenvalue weighted by Gasteiger charge is -2.39. The molecule has 258 valence electrons. The molecule has 1 spiro atoms. The molecule has 6 rings (SSSR count). The predicted molar refractivity (Wildman–Crippen MR) is 193 cm³/mol. The second-order valence-corrected chi connectivity index (χ2v) is 14.1. The molecule has 0 aromatic heterocycles. The highest BCUT2D eigenvalue weighted by atomic mass is 16.5. The Balaban J connectivity index is 1.40. The number of ether oxygens (including phenoxy) is 1. The Labute approximate surface area is 290 Å². The van der Waals surface area contributed by atoms with Crippen LogP contribution in [0.1, 0.15) is 51.5 Å². The van der Waals surface area contributed by atoms with Crippen molar-refractivity contribution < 1.29 is 24.2 Å². The fraction of sp³-hybridized carbons (Fsp3) is 0.439. The van der Waals surface area contributed by atoms with E-state index < -0.39 is 29.1 Å². The van der Waals surface area contributed by atoms with Gasteiger partial charge in [0, 0.05) is 38.5 Å². The Morgan fingerprint density at radius 3 is 2.35 bits per heavy atom. The topological polar surface area (TPSA) is 90.4 Å². The summed E-state index contributed by atoms with van der Waals surface area (Å²) in [6.45, 7) is 13.4. The van der Waals surface area contributed by atoms with Crippen molar-refractivity contribution in [2.24, 2.45) is 17.8 Å². The maximum atomic E-state index is 15.1. The summed E-state index contributed by atoms with van der Waals surface area (Å²) in [6, 6.07) is 22.9. The SMILES string of the molecule is C=CCN(Cc1ccccc1)C(=O)[C@H]1[C@H]2C(=O)N(CCCCCCO)C(C(=O)N(CC=C)c3ccc4ccccc4c3)C23CC(C)[C@]1(C)O3. The summed E-state index contributed by atoms with van der Waals surface area (Å²) >= 11 is 0. The summed E-state index contributed by atoms with van der Waals surface area (Å²) in [5.41, 5.74) is -0.374. The quantitative estimate of drug-likeness (QED) is 0.156. The van der Waals surface area contributed by atoms with E-state index in [2.05, 4.69) is 20.1 Å². The number of hydrogen-bond donors (Lipinski definition) is 1. The molecule has 49 heavy (non-hydrogen) atoms. The fourth-order valence-corrected chi connectivity index (χ4v) is 8.71. The van der Waals surface area contributed by atoms with Crippen molar-refractivity contribution in [2.45, 2.75) is 69.7 Å². The van der Waals surface area contributed by atoms with E-state index in [0.29, 0.717) is 38.9 Å². The standard InChI is InChI=1S/C41H49N3O5/c1-5-22-42(28-30-16-10-9-11-17-30)37(46)34-35-38(47)44(24-14-7-8-15-25-45)36(41(35)27-29(3)40(34,4)49-41)39(48)43(23-6-2)33-21-20-31-18-12-13-19-32(31)26-33/h5-6,9-13,16-21,26,29,34-36,45H,1-2,7-8,14-15,22-25,27-28H2,3-4H3/t29?,34-,35+,36?,40+,41?/m1/s1. The summed E-state index contributed by atoms with van der Waals surface area (Å²) in [6.07, 6.45) is 6.93. The summed E-state index contributed by atoms with van der Waals surface area (Å²) in [7, 11) is 0. The highest BCUT2D eigenvalue weighted by molar-refractivity contribution is 6.06. The van der Waals surface area contributed by atoms with Gasteiger partial charge in [0.1, 0.15) is 11.6 Å². The Morgan fingerprint density at radius 2 is 1.63 bits per heavy atom. The molecular formula is C41H49N3O5. The van der Waals surface area contributed by atoms with Crippen molar-refractivity contribution in [1.82, 2.24) is 9.80 Å². The first kappa shape index (κ1) is 34.6. The van der Waals surface area contributed by atoms with Gasteiger partial charge in [-0.2, -0.15) is 0 Å². The maximum absolute atomic E-state index is 15.1. The monoisotopic (exact) mass is 663 g/mol. The van der Waals surface area contributed by atoms with Crippen LogP contribution in [-0.4, -0.2) is 76.1 Å². The third kappa shape index (κ3) is 6.10. The molecule has 3 heterocycles. The first-order valence-corrected chi connectivity index (χ1v) is 17.7. The number of aliphatic hydroxyl groups excluding tert-OH is 1. The number of carbonyl (C=O) groups is 3. The van der Waals surface area contributed by atoms with Crippen LogP contribution < -0.4 is 4.90 Å². The van der Waals surface area contributed by atoms with Gasteiger partial charge in [0.2, 0.25) is 11.8 Å². The minimum absolute atomic E-state index is 0.0684. The van der Waals surface area contributed by atoms with Crippen LogP contribution in [0.25, 0.3) is 10.8 Å². The molecule has 3 aliphatic heterocycles. The molecule has 3 unspecified atom stereocenters. The fourth-order valence-electron chi connectivity index (χ4n) is 8.71. The third-order valence-corrected chi connectivity index (χ3v) is 11.1. The van der Waals surface area contributed by atoms with Crippen molar-refractivity contribution in [3.63, 3.8) is 0 Å². The van der Waals surface area contributed by atoms with E-state index in [1.54, 1.807) is 26.9 Å². The average Bonchev–Trinajstić information content (AvgIpc) is 3.62. The normalized spacial score (nSPS) is 26.9. The molecule has 8 nitrogen and oxygen atoms in total. The van der Waals surface area contributed by atoms with Crippen LogP contribution in [-0.2, 0) is 25.7 Å². The Bertz CT molecular complexity index is 1710. The Hall–Kier alpha value is -4.27. The zero-order valence-electron chi connectivity index (χ0n) is 28.8. The van der Waals surface area contributed by atoms with Gasteiger partial charge < -0.3 is 24.5 Å². The van der Waals surface area contributed by atoms with Gasteiger partial charge in [-0.25, -0.2) is 0 Å². The van der Waals surface area contributed by atoms with Gasteiger partial charge in [-0.1, -0.05) is 92.6 Å². The van der Waals surface area contributed by atoms with Crippen molar-refractivity contribution in [1.29, 1.82) is 0 Å². The van der Waals surface area contributed by atoms with Crippen LogP contribution >= 0.6 is 0 Å². The number of anilines is 1. The van der Waals surface area contributed by atoms with E-state index in [1.165, 1.54) is 0 Å². The van der Waals surface area contributed by atoms with Crippen LogP contribution in [0.3, 0.4) is 0 Å². The highest BCUT2D eigenvalue weighted by Gasteiger charge is 2.80. The van der Waals surface area contributed by atoms with E-state index in [1.807, 2.05) is 79.7 Å². The number of fused-ring (bicyclic) bond motifs is 2. The molecule has 6 atom stereocenters. The number of rotatable bonds is 15. The summed E-state index contributed by atoms with van der Waals surface area (Å²) in [4.78, 5) is 49.9. The number of carbonyl (C=O) groups excluding carboxylic acids is 3. The van der Waals surface area contributed by atoms with Gasteiger partial charge in [0.25, 0.3) is 5.91 Å². The lowest BCUT2D eigenvalue weighted by molar-refractivity contribution is -0.151. The number of benzene rings is 3. The Morgan fingerprint density at radius 1 is 0.939 bits per heavy atom. The predicted octanol–water partition coefficient (Wildman–Crippen LogP) is 6.14. The van der Waals surface area contributed by atoms with Crippen LogP contribution in [0.5, 0.6) is 0 Å². The number of nitrogens with zero attached hydrogens (tertiary/aromatic N) is 3. The number of unbranched alkanes of at least 4 members (excludes halogenated alkanes) is 3. The molecule has 0 radical (unpaired) electrons. The average molecular weight is 664 g/mol. The number of aliphatic hydroxyl groups is 1. The molecule has 3 aromatic rings. The van der Waals surface area contributed by atoms with Crippen molar-refractivity contribution in [3.05, 3.63) is 104 Å². The molecule has 3 aromatic carbocycles. The molecule has 1 N–H and O–H groups in total. The minimum atomic E-state index is -1.16. The first-order valence-electron chi connectivity index (χ1n) is 17.7. The third-order valence-electron chi connectivity index (χ3n) is 11.1. The number of likely N-dealkylation sites (tertiary alicyclic amines) is 1. The van der Waals surface area contributed by atoms with Crippen LogP contribution in [0.15, 0.2) is 98.1 Å². The maximum Gasteiger partial charge on any atom is 0.253 e. The van der Waals surface area contributed by atoms with Gasteiger partial charge in [-0.15, -0.1) is 13.2 Å². The molecule has 0 aliphatic carbocycles. The summed E-state index contributed by atoms with van der Waals surface area (Å²) in [5.74, 6) is -2.18. The van der Waals surface area contributed by atoms with E-state index in [4.69, 9.17) is 4.74 Å². The van der Waals surface area contributed by atoms with Crippen LogP contribution in [0, 0.1) is 17.8 Å². The molecule has 2 bridgehead atoms. The van der Waals surface area contributed by atoms with E-state index in [9.17, 15) is 14.7 Å². The Kier molecular flexibility index (Phi) is 10.1. The number of hydrogen-bond acceptors (Lipinski definition) is 5. The van der Waals surface area contributed by atoms with Gasteiger partial charge in [0.05, 0.1) is 17.4 Å². The second kappa shape index (κ2) is 14.3. The van der Waals surface area contributed by atoms with Crippen molar-refractivity contribution in [3.8, 4) is 0 Å². The van der Waals surface area contributed by atoms with Gasteiger partial charge in [-0.3, -0.25) is 14.4 Å². The summed E-state index contributed by atoms with van der Waals surface area (Å²) in [5, 5.41) is 11.4. The van der Waals surface area contributed by atoms with Crippen molar-refractivity contribution in [2.75, 3.05) is 31.1 Å². The van der Waals surface area contributed by atoms with E-state index in [0.717, 1.165) is 34.9 Å². The lowest BCUT2D eigenvalue weighted by Crippen LogP contribution is -2.57.